The van der Waals surface area contributed by atoms with Crippen LogP contribution in [-0.4, -0.2) is 6.29 Å². The fraction of sp³-hybridized carbons (Fsp3) is 0.389. The Labute approximate surface area is 115 Å². The van der Waals surface area contributed by atoms with Gasteiger partial charge in [-0.1, -0.05) is 60.9 Å². The zero-order valence-corrected chi connectivity index (χ0v) is 11.2. The monoisotopic (exact) mass is 252 g/mol. The van der Waals surface area contributed by atoms with E-state index in [1.807, 2.05) is 12.1 Å². The maximum Gasteiger partial charge on any atom is 0.146 e. The van der Waals surface area contributed by atoms with Gasteiger partial charge in [0.1, 0.15) is 6.29 Å². The minimum Gasteiger partial charge on any atom is -0.298 e. The largest absolute Gasteiger partial charge is 0.298 e. The number of fused-ring (bicyclic) bond motifs is 1. The van der Waals surface area contributed by atoms with E-state index in [2.05, 4.69) is 30.3 Å². The molecule has 0 aliphatic heterocycles. The Hall–Kier alpha value is -1.63. The molecule has 0 aromatic heterocycles. The molecule has 0 N–H and O–H groups in total. The molecule has 1 heteroatoms. The van der Waals surface area contributed by atoms with E-state index in [1.54, 1.807) is 5.57 Å². The molecule has 0 spiro atoms. The van der Waals surface area contributed by atoms with Crippen LogP contribution in [0.25, 0.3) is 0 Å². The van der Waals surface area contributed by atoms with Gasteiger partial charge in [0.2, 0.25) is 0 Å². The van der Waals surface area contributed by atoms with Gasteiger partial charge in [-0.15, -0.1) is 0 Å². The maximum atomic E-state index is 11.4. The zero-order chi connectivity index (χ0) is 13.1. The summed E-state index contributed by atoms with van der Waals surface area (Å²) in [5.41, 5.74) is 3.79. The van der Waals surface area contributed by atoms with Crippen molar-refractivity contribution in [2.24, 2.45) is 5.92 Å². The highest BCUT2D eigenvalue weighted by atomic mass is 16.1. The first-order chi connectivity index (χ1) is 9.40. The second-order valence-electron chi connectivity index (χ2n) is 5.62. The van der Waals surface area contributed by atoms with Crippen molar-refractivity contribution < 1.29 is 4.79 Å². The van der Waals surface area contributed by atoms with Gasteiger partial charge >= 0.3 is 0 Å². The average molecular weight is 252 g/mol. The first kappa shape index (κ1) is 12.4. The molecule has 2 aliphatic rings. The molecule has 2 atom stereocenters. The van der Waals surface area contributed by atoms with Crippen molar-refractivity contribution in [1.82, 2.24) is 0 Å². The van der Waals surface area contributed by atoms with Crippen LogP contribution in [0.4, 0.5) is 0 Å². The average Bonchev–Trinajstić information content (AvgIpc) is 2.72. The number of rotatable bonds is 2. The summed E-state index contributed by atoms with van der Waals surface area (Å²) >= 11 is 0. The summed E-state index contributed by atoms with van der Waals surface area (Å²) in [6.07, 6.45) is 11.6. The van der Waals surface area contributed by atoms with Crippen LogP contribution in [0.3, 0.4) is 0 Å². The van der Waals surface area contributed by atoms with E-state index in [0.717, 1.165) is 11.9 Å². The van der Waals surface area contributed by atoms with Gasteiger partial charge in [0.05, 0.1) is 0 Å². The third-order valence-corrected chi connectivity index (χ3v) is 4.50. The van der Waals surface area contributed by atoms with Crippen LogP contribution in [0.1, 0.15) is 43.6 Å². The Morgan fingerprint density at radius 1 is 1.00 bits per heavy atom. The fourth-order valence-corrected chi connectivity index (χ4v) is 3.57. The van der Waals surface area contributed by atoms with Crippen molar-refractivity contribution in [1.29, 1.82) is 0 Å². The number of aldehydes is 1. The van der Waals surface area contributed by atoms with E-state index in [9.17, 15) is 4.79 Å². The van der Waals surface area contributed by atoms with Crippen molar-refractivity contribution in [2.75, 3.05) is 0 Å². The molecule has 0 amide bonds. The first-order valence-electron chi connectivity index (χ1n) is 7.31. The summed E-state index contributed by atoms with van der Waals surface area (Å²) in [5.74, 6) is 0.812. The molecule has 1 nitrogen and oxygen atoms in total. The number of benzene rings is 1. The number of hydrogen-bond donors (Lipinski definition) is 0. The molecule has 0 saturated heterocycles. The van der Waals surface area contributed by atoms with Gasteiger partial charge in [0.15, 0.2) is 0 Å². The predicted octanol–water partition coefficient (Wildman–Crippen LogP) is 4.42. The Morgan fingerprint density at radius 2 is 1.84 bits per heavy atom. The van der Waals surface area contributed by atoms with E-state index in [-0.39, 0.29) is 5.92 Å². The van der Waals surface area contributed by atoms with Gasteiger partial charge in [-0.3, -0.25) is 4.79 Å². The molecule has 1 aromatic carbocycles. The molecular weight excluding hydrogens is 232 g/mol. The summed E-state index contributed by atoms with van der Waals surface area (Å²) in [5, 5.41) is 0. The summed E-state index contributed by atoms with van der Waals surface area (Å²) in [6.45, 7) is 0. The summed E-state index contributed by atoms with van der Waals surface area (Å²) in [6, 6.07) is 10.5. The summed E-state index contributed by atoms with van der Waals surface area (Å²) < 4.78 is 0. The maximum absolute atomic E-state index is 11.4. The third-order valence-electron chi connectivity index (χ3n) is 4.50. The second-order valence-corrected chi connectivity index (χ2v) is 5.62. The molecule has 1 fully saturated rings. The highest BCUT2D eigenvalue weighted by Crippen LogP contribution is 2.44. The molecule has 19 heavy (non-hydrogen) atoms. The van der Waals surface area contributed by atoms with E-state index in [0.29, 0.717) is 5.92 Å². The van der Waals surface area contributed by atoms with Gasteiger partial charge in [-0.25, -0.2) is 0 Å². The molecule has 0 heterocycles. The lowest BCUT2D eigenvalue weighted by atomic mass is 9.72. The number of carbonyl (C=O) groups is 1. The molecule has 2 aliphatic carbocycles. The lowest BCUT2D eigenvalue weighted by Gasteiger charge is -2.31. The number of hydrogen-bond acceptors (Lipinski definition) is 1. The Kier molecular flexibility index (Phi) is 3.63. The molecule has 0 unspecified atom stereocenters. The molecule has 0 bridgehead atoms. The smallest absolute Gasteiger partial charge is 0.146 e. The van der Waals surface area contributed by atoms with Crippen LogP contribution in [0.2, 0.25) is 0 Å². The number of allylic oxidation sites excluding steroid dienone is 4. The zero-order valence-electron chi connectivity index (χ0n) is 11.2. The van der Waals surface area contributed by atoms with Gasteiger partial charge in [0, 0.05) is 5.92 Å². The number of carbonyl (C=O) groups excluding carboxylic acids is 1. The van der Waals surface area contributed by atoms with Crippen LogP contribution in [-0.2, 0) is 4.79 Å². The molecule has 1 aromatic rings. The quantitative estimate of drug-likeness (QED) is 0.712. The summed E-state index contributed by atoms with van der Waals surface area (Å²) in [7, 11) is 0. The topological polar surface area (TPSA) is 17.1 Å². The minimum atomic E-state index is 0.275. The predicted molar refractivity (Wildman–Crippen MR) is 78.0 cm³/mol. The van der Waals surface area contributed by atoms with Gasteiger partial charge in [-0.2, -0.15) is 0 Å². The second kappa shape index (κ2) is 5.56. The van der Waals surface area contributed by atoms with Gasteiger partial charge < -0.3 is 0 Å². The van der Waals surface area contributed by atoms with Crippen LogP contribution in [0.5, 0.6) is 0 Å². The lowest BCUT2D eigenvalue weighted by Crippen LogP contribution is -2.20. The standard InChI is InChI=1S/C18H20O/c19-13-16-12-11-14-7-3-2-6-10-17(14)18(16)15-8-4-1-5-9-15/h1,4-5,8-9,11-13,17-18H,2-3,6-7,10H2/t17-,18-/m1/s1. The first-order valence-corrected chi connectivity index (χ1v) is 7.31. The molecule has 3 rings (SSSR count). The summed E-state index contributed by atoms with van der Waals surface area (Å²) in [4.78, 5) is 11.4. The van der Waals surface area contributed by atoms with Crippen molar-refractivity contribution in [3.63, 3.8) is 0 Å². The molecular formula is C18H20O. The Bertz CT molecular complexity index is 510. The van der Waals surface area contributed by atoms with Crippen LogP contribution < -0.4 is 0 Å². The van der Waals surface area contributed by atoms with Crippen molar-refractivity contribution in [3.05, 3.63) is 59.2 Å². The van der Waals surface area contributed by atoms with Crippen LogP contribution >= 0.6 is 0 Å². The Balaban J connectivity index is 2.01. The van der Waals surface area contributed by atoms with Crippen molar-refractivity contribution >= 4 is 6.29 Å². The van der Waals surface area contributed by atoms with Gasteiger partial charge in [-0.05, 0) is 36.3 Å². The highest BCUT2D eigenvalue weighted by molar-refractivity contribution is 5.78. The van der Waals surface area contributed by atoms with Crippen LogP contribution in [0, 0.1) is 5.92 Å². The van der Waals surface area contributed by atoms with E-state index in [4.69, 9.17) is 0 Å². The fourth-order valence-electron chi connectivity index (χ4n) is 3.57. The van der Waals surface area contributed by atoms with E-state index >= 15 is 0 Å². The molecule has 1 saturated carbocycles. The van der Waals surface area contributed by atoms with Gasteiger partial charge in [0.25, 0.3) is 0 Å². The third kappa shape index (κ3) is 2.42. The highest BCUT2D eigenvalue weighted by Gasteiger charge is 2.31. The minimum absolute atomic E-state index is 0.275. The molecule has 0 radical (unpaired) electrons. The Morgan fingerprint density at radius 3 is 2.63 bits per heavy atom. The van der Waals surface area contributed by atoms with Crippen molar-refractivity contribution in [3.8, 4) is 0 Å². The van der Waals surface area contributed by atoms with E-state index in [1.165, 1.54) is 37.7 Å². The van der Waals surface area contributed by atoms with E-state index < -0.39 is 0 Å². The normalized spacial score (nSPS) is 26.7. The lowest BCUT2D eigenvalue weighted by molar-refractivity contribution is -0.105. The SMILES string of the molecule is O=CC1=CC=C2CCCCC[C@H]2[C@@H]1c1ccccc1. The molecule has 98 valence electrons. The van der Waals surface area contributed by atoms with Crippen molar-refractivity contribution in [2.45, 2.75) is 38.0 Å². The van der Waals surface area contributed by atoms with Crippen LogP contribution in [0.15, 0.2) is 53.6 Å².